The van der Waals surface area contributed by atoms with Gasteiger partial charge in [0.15, 0.2) is 0 Å². The van der Waals surface area contributed by atoms with Crippen molar-refractivity contribution in [1.29, 1.82) is 0 Å². The van der Waals surface area contributed by atoms with Crippen molar-refractivity contribution >= 4 is 55.3 Å². The van der Waals surface area contributed by atoms with Crippen LogP contribution in [-0.4, -0.2) is 4.57 Å². The molecule has 5 aromatic rings. The molecule has 0 saturated heterocycles. The van der Waals surface area contributed by atoms with Gasteiger partial charge in [0.2, 0.25) is 0 Å². The van der Waals surface area contributed by atoms with E-state index in [4.69, 9.17) is 11.6 Å². The number of nitrogens with one attached hydrogen (secondary N) is 1. The van der Waals surface area contributed by atoms with Crippen molar-refractivity contribution in [2.45, 2.75) is 12.7 Å². The minimum atomic E-state index is -4.38. The van der Waals surface area contributed by atoms with Gasteiger partial charge in [-0.05, 0) is 58.8 Å². The van der Waals surface area contributed by atoms with Gasteiger partial charge in [0.1, 0.15) is 0 Å². The summed E-state index contributed by atoms with van der Waals surface area (Å²) in [5.74, 6) is 0. The second kappa shape index (κ2) is 7.62. The lowest BCUT2D eigenvalue weighted by Gasteiger charge is -2.10. The van der Waals surface area contributed by atoms with Crippen LogP contribution < -0.4 is 5.32 Å². The number of aromatic nitrogens is 1. The van der Waals surface area contributed by atoms with E-state index in [1.165, 1.54) is 6.07 Å². The van der Waals surface area contributed by atoms with Crippen molar-refractivity contribution in [2.24, 2.45) is 0 Å². The van der Waals surface area contributed by atoms with Crippen LogP contribution in [0.5, 0.6) is 0 Å². The van der Waals surface area contributed by atoms with E-state index in [0.29, 0.717) is 17.3 Å². The largest absolute Gasteiger partial charge is 0.416 e. The molecular formula is C24H16ClF3N2S. The summed E-state index contributed by atoms with van der Waals surface area (Å²) in [5, 5.41) is 8.03. The van der Waals surface area contributed by atoms with E-state index in [0.717, 1.165) is 44.4 Å². The molecule has 0 aliphatic heterocycles. The lowest BCUT2D eigenvalue weighted by Crippen LogP contribution is -2.05. The molecule has 0 aliphatic rings. The number of rotatable bonds is 4. The third kappa shape index (κ3) is 3.89. The van der Waals surface area contributed by atoms with E-state index in [1.54, 1.807) is 17.4 Å². The average molecular weight is 457 g/mol. The van der Waals surface area contributed by atoms with E-state index >= 15 is 0 Å². The lowest BCUT2D eigenvalue weighted by molar-refractivity contribution is -0.137. The molecule has 0 spiro atoms. The van der Waals surface area contributed by atoms with E-state index in [2.05, 4.69) is 15.3 Å². The summed E-state index contributed by atoms with van der Waals surface area (Å²) < 4.78 is 42.5. The average Bonchev–Trinajstić information content (AvgIpc) is 3.29. The van der Waals surface area contributed by atoms with Gasteiger partial charge in [0.05, 0.1) is 16.8 Å². The summed E-state index contributed by atoms with van der Waals surface area (Å²) >= 11 is 7.86. The molecule has 2 heterocycles. The smallest absolute Gasteiger partial charge is 0.354 e. The van der Waals surface area contributed by atoms with Crippen molar-refractivity contribution in [2.75, 3.05) is 5.32 Å². The van der Waals surface area contributed by atoms with Gasteiger partial charge < -0.3 is 9.88 Å². The number of hydrogen-bond donors (Lipinski definition) is 1. The maximum atomic E-state index is 13.1. The Labute approximate surface area is 185 Å². The Balaban J connectivity index is 1.54. The standard InChI is InChI=1S/C24H16ClF3N2S/c25-17-8-9-23-20(11-17)15(14-31-23)12-30-13-21(19-6-1-2-7-22(19)30)29-18-5-3-4-16(10-18)24(26,27)28/h1-11,13-14,29H,12H2. The fourth-order valence-corrected chi connectivity index (χ4v) is 4.87. The van der Waals surface area contributed by atoms with E-state index in [9.17, 15) is 13.2 Å². The first-order valence-corrected chi connectivity index (χ1v) is 10.8. The SMILES string of the molecule is FC(F)(F)c1cccc(Nc2cn(Cc3csc4ccc(Cl)cc34)c3ccccc23)c1. The topological polar surface area (TPSA) is 17.0 Å². The number of alkyl halides is 3. The molecule has 7 heteroatoms. The van der Waals surface area contributed by atoms with Gasteiger partial charge in [0, 0.05) is 33.5 Å². The van der Waals surface area contributed by atoms with Gasteiger partial charge >= 0.3 is 6.18 Å². The fourth-order valence-electron chi connectivity index (χ4n) is 3.77. The van der Waals surface area contributed by atoms with Gasteiger partial charge in [-0.2, -0.15) is 13.2 Å². The van der Waals surface area contributed by atoms with Crippen molar-refractivity contribution in [3.05, 3.63) is 94.5 Å². The molecule has 0 amide bonds. The molecule has 0 saturated carbocycles. The predicted molar refractivity (Wildman–Crippen MR) is 123 cm³/mol. The van der Waals surface area contributed by atoms with Gasteiger partial charge in [-0.1, -0.05) is 35.9 Å². The molecule has 0 atom stereocenters. The second-order valence-electron chi connectivity index (χ2n) is 7.29. The van der Waals surface area contributed by atoms with Crippen LogP contribution in [-0.2, 0) is 12.7 Å². The quantitative estimate of drug-likeness (QED) is 0.287. The molecule has 0 unspecified atom stereocenters. The highest BCUT2D eigenvalue weighted by atomic mass is 35.5. The van der Waals surface area contributed by atoms with Crippen molar-refractivity contribution in [3.8, 4) is 0 Å². The van der Waals surface area contributed by atoms with Crippen molar-refractivity contribution in [1.82, 2.24) is 4.57 Å². The zero-order valence-corrected chi connectivity index (χ0v) is 17.7. The highest BCUT2D eigenvalue weighted by molar-refractivity contribution is 7.17. The summed E-state index contributed by atoms with van der Waals surface area (Å²) in [7, 11) is 0. The summed E-state index contributed by atoms with van der Waals surface area (Å²) in [5.41, 5.74) is 2.62. The molecule has 31 heavy (non-hydrogen) atoms. The van der Waals surface area contributed by atoms with Crippen LogP contribution in [0.3, 0.4) is 0 Å². The fraction of sp³-hybridized carbons (Fsp3) is 0.0833. The predicted octanol–water partition coefficient (Wildman–Crippen LogP) is 8.32. The van der Waals surface area contributed by atoms with E-state index in [-0.39, 0.29) is 0 Å². The van der Waals surface area contributed by atoms with Crippen molar-refractivity contribution < 1.29 is 13.2 Å². The number of hydrogen-bond acceptors (Lipinski definition) is 2. The summed E-state index contributed by atoms with van der Waals surface area (Å²) in [6.07, 6.45) is -2.44. The number of para-hydroxylation sites is 1. The number of benzene rings is 3. The van der Waals surface area contributed by atoms with E-state index < -0.39 is 11.7 Å². The molecule has 0 radical (unpaired) electrons. The summed E-state index contributed by atoms with van der Waals surface area (Å²) in [6, 6.07) is 18.9. The number of halogens is 4. The van der Waals surface area contributed by atoms with Crippen molar-refractivity contribution in [3.63, 3.8) is 0 Å². The third-order valence-electron chi connectivity index (χ3n) is 5.21. The number of thiophene rings is 1. The molecule has 0 bridgehead atoms. The molecule has 0 fully saturated rings. The first kappa shape index (κ1) is 20.0. The third-order valence-corrected chi connectivity index (χ3v) is 6.46. The summed E-state index contributed by atoms with van der Waals surface area (Å²) in [6.45, 7) is 0.630. The zero-order chi connectivity index (χ0) is 21.6. The Morgan fingerprint density at radius 2 is 1.77 bits per heavy atom. The molecule has 1 N–H and O–H groups in total. The van der Waals surface area contributed by atoms with Gasteiger partial charge in [-0.25, -0.2) is 0 Å². The van der Waals surface area contributed by atoms with Gasteiger partial charge in [-0.3, -0.25) is 0 Å². The Bertz CT molecular complexity index is 1400. The van der Waals surface area contributed by atoms with Crippen LogP contribution >= 0.6 is 22.9 Å². The zero-order valence-electron chi connectivity index (χ0n) is 16.1. The Hall–Kier alpha value is -2.96. The Morgan fingerprint density at radius 1 is 0.935 bits per heavy atom. The first-order chi connectivity index (χ1) is 14.9. The Kier molecular flexibility index (Phi) is 4.91. The molecule has 2 nitrogen and oxygen atoms in total. The van der Waals surface area contributed by atoms with Gasteiger partial charge in [0.25, 0.3) is 0 Å². The van der Waals surface area contributed by atoms with Crippen LogP contribution in [0.2, 0.25) is 5.02 Å². The highest BCUT2D eigenvalue weighted by Crippen LogP contribution is 2.35. The monoisotopic (exact) mass is 456 g/mol. The molecule has 2 aromatic heterocycles. The molecular weight excluding hydrogens is 441 g/mol. The maximum absolute atomic E-state index is 13.1. The van der Waals surface area contributed by atoms with Crippen LogP contribution in [0.1, 0.15) is 11.1 Å². The number of fused-ring (bicyclic) bond motifs is 2. The summed E-state index contributed by atoms with van der Waals surface area (Å²) in [4.78, 5) is 0. The van der Waals surface area contributed by atoms with Crippen LogP contribution in [0.15, 0.2) is 78.3 Å². The normalized spacial score (nSPS) is 12.0. The molecule has 156 valence electrons. The first-order valence-electron chi connectivity index (χ1n) is 9.56. The molecule has 5 rings (SSSR count). The Morgan fingerprint density at radius 3 is 2.61 bits per heavy atom. The van der Waals surface area contributed by atoms with E-state index in [1.807, 2.05) is 48.7 Å². The lowest BCUT2D eigenvalue weighted by atomic mass is 10.1. The minimum absolute atomic E-state index is 0.394. The molecule has 3 aromatic carbocycles. The van der Waals surface area contributed by atoms with Crippen LogP contribution in [0.4, 0.5) is 24.5 Å². The van der Waals surface area contributed by atoms with Crippen LogP contribution in [0.25, 0.3) is 21.0 Å². The second-order valence-corrected chi connectivity index (χ2v) is 8.64. The van der Waals surface area contributed by atoms with Crippen LogP contribution in [0, 0.1) is 0 Å². The van der Waals surface area contributed by atoms with Gasteiger partial charge in [-0.15, -0.1) is 11.3 Å². The highest BCUT2D eigenvalue weighted by Gasteiger charge is 2.30. The number of nitrogens with zero attached hydrogens (tertiary/aromatic N) is 1. The minimum Gasteiger partial charge on any atom is -0.354 e. The number of anilines is 2. The molecule has 0 aliphatic carbocycles. The maximum Gasteiger partial charge on any atom is 0.416 e.